The molecule has 118 valence electrons. The van der Waals surface area contributed by atoms with Crippen LogP contribution in [0, 0.1) is 5.41 Å². The second-order valence-electron chi connectivity index (χ2n) is 4.46. The molecule has 0 atom stereocenters. The molecule has 1 rings (SSSR count). The number of carbonyl (C=O) groups is 1. The Hall–Kier alpha value is -0.360. The van der Waals surface area contributed by atoms with Gasteiger partial charge in [-0.15, -0.1) is 36.2 Å². The minimum Gasteiger partial charge on any atom is -0.350 e. The molecular formula is C13H25Cl2N3OS. The molecule has 0 unspecified atom stereocenters. The van der Waals surface area contributed by atoms with Crippen molar-refractivity contribution >= 4 is 42.1 Å². The van der Waals surface area contributed by atoms with E-state index in [1.54, 1.807) is 11.3 Å². The molecule has 0 saturated heterocycles. The van der Waals surface area contributed by atoms with Gasteiger partial charge in [0, 0.05) is 11.9 Å². The molecule has 1 heterocycles. The quantitative estimate of drug-likeness (QED) is 0.801. The summed E-state index contributed by atoms with van der Waals surface area (Å²) in [6.07, 6.45) is 2.47. The van der Waals surface area contributed by atoms with Crippen LogP contribution in [-0.2, 0) is 17.8 Å². The number of aromatic nitrogens is 1. The van der Waals surface area contributed by atoms with Gasteiger partial charge in [-0.05, 0) is 19.3 Å². The van der Waals surface area contributed by atoms with E-state index in [2.05, 4.69) is 17.2 Å². The Bertz CT molecular complexity index is 386. The van der Waals surface area contributed by atoms with E-state index in [4.69, 9.17) is 5.73 Å². The van der Waals surface area contributed by atoms with Crippen LogP contribution in [0.15, 0.2) is 5.38 Å². The number of nitrogens with one attached hydrogen (secondary N) is 1. The van der Waals surface area contributed by atoms with Gasteiger partial charge in [0.1, 0.15) is 0 Å². The molecule has 0 fully saturated rings. The van der Waals surface area contributed by atoms with E-state index in [0.29, 0.717) is 13.1 Å². The molecule has 0 radical (unpaired) electrons. The summed E-state index contributed by atoms with van der Waals surface area (Å²) in [7, 11) is 0. The number of carbonyl (C=O) groups excluding carboxylic acids is 1. The third kappa shape index (κ3) is 5.20. The third-order valence-corrected chi connectivity index (χ3v) is 4.60. The van der Waals surface area contributed by atoms with Crippen molar-refractivity contribution in [2.75, 3.05) is 6.54 Å². The second-order valence-corrected chi connectivity index (χ2v) is 5.40. The van der Waals surface area contributed by atoms with Crippen LogP contribution in [0.1, 0.15) is 44.3 Å². The Morgan fingerprint density at radius 3 is 2.35 bits per heavy atom. The zero-order valence-corrected chi connectivity index (χ0v) is 14.7. The van der Waals surface area contributed by atoms with Gasteiger partial charge in [0.05, 0.1) is 22.7 Å². The van der Waals surface area contributed by atoms with Crippen LogP contribution < -0.4 is 11.1 Å². The van der Waals surface area contributed by atoms with E-state index in [-0.39, 0.29) is 30.7 Å². The first-order valence-corrected chi connectivity index (χ1v) is 7.41. The Morgan fingerprint density at radius 2 is 1.95 bits per heavy atom. The van der Waals surface area contributed by atoms with Gasteiger partial charge in [-0.25, -0.2) is 4.98 Å². The number of nitrogens with two attached hydrogens (primary N) is 1. The standard InChI is InChI=1S/C13H23N3OS.2ClH/c1-4-11-16-10(8-18-11)7-15-12(17)13(5-2,6-3)9-14;;/h8H,4-7,9,14H2,1-3H3,(H,15,17);2*1H. The van der Waals surface area contributed by atoms with Gasteiger partial charge in [-0.3, -0.25) is 4.79 Å². The second kappa shape index (κ2) is 10.4. The number of thiazole rings is 1. The van der Waals surface area contributed by atoms with Crippen LogP contribution in [0.5, 0.6) is 0 Å². The molecule has 1 aromatic heterocycles. The van der Waals surface area contributed by atoms with Crippen LogP contribution >= 0.6 is 36.2 Å². The van der Waals surface area contributed by atoms with Crippen LogP contribution in [0.2, 0.25) is 0 Å². The number of aryl methyl sites for hydroxylation is 1. The highest BCUT2D eigenvalue weighted by atomic mass is 35.5. The van der Waals surface area contributed by atoms with E-state index in [9.17, 15) is 4.79 Å². The highest BCUT2D eigenvalue weighted by Gasteiger charge is 2.32. The fourth-order valence-corrected chi connectivity index (χ4v) is 2.65. The largest absolute Gasteiger partial charge is 0.350 e. The van der Waals surface area contributed by atoms with Gasteiger partial charge >= 0.3 is 0 Å². The van der Waals surface area contributed by atoms with Crippen LogP contribution in [0.25, 0.3) is 0 Å². The van der Waals surface area contributed by atoms with E-state index < -0.39 is 5.41 Å². The van der Waals surface area contributed by atoms with E-state index >= 15 is 0 Å². The minimum atomic E-state index is -0.427. The van der Waals surface area contributed by atoms with Crippen molar-refractivity contribution in [1.82, 2.24) is 10.3 Å². The molecule has 1 aromatic rings. The molecule has 0 aromatic carbocycles. The summed E-state index contributed by atoms with van der Waals surface area (Å²) >= 11 is 1.64. The molecular weight excluding hydrogens is 317 g/mol. The average Bonchev–Trinajstić information content (AvgIpc) is 2.87. The van der Waals surface area contributed by atoms with E-state index in [1.165, 1.54) is 0 Å². The predicted octanol–water partition coefficient (Wildman–Crippen LogP) is 2.93. The summed E-state index contributed by atoms with van der Waals surface area (Å²) in [6, 6.07) is 0. The van der Waals surface area contributed by atoms with Crippen molar-refractivity contribution in [3.05, 3.63) is 16.1 Å². The van der Waals surface area contributed by atoms with Crippen LogP contribution in [-0.4, -0.2) is 17.4 Å². The first-order chi connectivity index (χ1) is 8.61. The zero-order valence-electron chi connectivity index (χ0n) is 12.3. The maximum absolute atomic E-state index is 12.2. The van der Waals surface area contributed by atoms with Gasteiger partial charge in [-0.2, -0.15) is 0 Å². The van der Waals surface area contributed by atoms with Crippen molar-refractivity contribution in [1.29, 1.82) is 0 Å². The molecule has 4 nitrogen and oxygen atoms in total. The average molecular weight is 342 g/mol. The van der Waals surface area contributed by atoms with Crippen LogP contribution in [0.4, 0.5) is 0 Å². The lowest BCUT2D eigenvalue weighted by Crippen LogP contribution is -2.45. The summed E-state index contributed by atoms with van der Waals surface area (Å²) < 4.78 is 0. The number of halogens is 2. The molecule has 3 N–H and O–H groups in total. The van der Waals surface area contributed by atoms with Gasteiger partial charge in [0.15, 0.2) is 0 Å². The molecule has 7 heteroatoms. The zero-order chi connectivity index (χ0) is 13.6. The maximum atomic E-state index is 12.2. The molecule has 0 aliphatic heterocycles. The Morgan fingerprint density at radius 1 is 1.35 bits per heavy atom. The predicted molar refractivity (Wildman–Crippen MR) is 89.9 cm³/mol. The van der Waals surface area contributed by atoms with Gasteiger partial charge < -0.3 is 11.1 Å². The molecule has 0 saturated carbocycles. The topological polar surface area (TPSA) is 68.0 Å². The smallest absolute Gasteiger partial charge is 0.227 e. The maximum Gasteiger partial charge on any atom is 0.227 e. The summed E-state index contributed by atoms with van der Waals surface area (Å²) in [5, 5.41) is 6.06. The lowest BCUT2D eigenvalue weighted by molar-refractivity contribution is -0.131. The molecule has 20 heavy (non-hydrogen) atoms. The minimum absolute atomic E-state index is 0. The van der Waals surface area contributed by atoms with Gasteiger partial charge in [0.25, 0.3) is 0 Å². The number of rotatable bonds is 7. The molecule has 0 aliphatic rings. The van der Waals surface area contributed by atoms with E-state index in [1.807, 2.05) is 19.2 Å². The molecule has 0 bridgehead atoms. The highest BCUT2D eigenvalue weighted by molar-refractivity contribution is 7.09. The van der Waals surface area contributed by atoms with Gasteiger partial charge in [-0.1, -0.05) is 20.8 Å². The molecule has 0 aliphatic carbocycles. The Labute approximate surface area is 137 Å². The first-order valence-electron chi connectivity index (χ1n) is 6.53. The summed E-state index contributed by atoms with van der Waals surface area (Å²) in [6.45, 7) is 6.98. The Balaban J connectivity index is 0. The number of nitrogens with zero attached hydrogens (tertiary/aromatic N) is 1. The number of hydrogen-bond donors (Lipinski definition) is 2. The Kier molecular flexibility index (Phi) is 11.4. The van der Waals surface area contributed by atoms with Gasteiger partial charge in [0.2, 0.25) is 5.91 Å². The van der Waals surface area contributed by atoms with Crippen molar-refractivity contribution in [3.63, 3.8) is 0 Å². The lowest BCUT2D eigenvalue weighted by Gasteiger charge is -2.28. The summed E-state index contributed by atoms with van der Waals surface area (Å²) in [4.78, 5) is 16.6. The highest BCUT2D eigenvalue weighted by Crippen LogP contribution is 2.25. The van der Waals surface area contributed by atoms with Crippen molar-refractivity contribution < 1.29 is 4.79 Å². The van der Waals surface area contributed by atoms with Crippen molar-refractivity contribution in [3.8, 4) is 0 Å². The number of hydrogen-bond acceptors (Lipinski definition) is 4. The molecule has 1 amide bonds. The SMILES string of the molecule is CCc1nc(CNC(=O)C(CC)(CC)CN)cs1.Cl.Cl. The van der Waals surface area contributed by atoms with Crippen LogP contribution in [0.3, 0.4) is 0 Å². The van der Waals surface area contributed by atoms with Crippen molar-refractivity contribution in [2.45, 2.75) is 46.6 Å². The number of amides is 1. The summed E-state index contributed by atoms with van der Waals surface area (Å²) in [5.74, 6) is 0.0426. The molecule has 0 spiro atoms. The fourth-order valence-electron chi connectivity index (χ4n) is 1.90. The first kappa shape index (κ1) is 21.9. The van der Waals surface area contributed by atoms with Crippen molar-refractivity contribution in [2.24, 2.45) is 11.1 Å². The normalized spacial score (nSPS) is 10.4. The summed E-state index contributed by atoms with van der Waals surface area (Å²) in [5.41, 5.74) is 6.26. The lowest BCUT2D eigenvalue weighted by atomic mass is 9.81. The van der Waals surface area contributed by atoms with E-state index in [0.717, 1.165) is 30.0 Å². The fraction of sp³-hybridized carbons (Fsp3) is 0.692. The third-order valence-electron chi connectivity index (χ3n) is 3.56. The monoisotopic (exact) mass is 341 g/mol.